The van der Waals surface area contributed by atoms with Crippen molar-refractivity contribution in [2.75, 3.05) is 46.9 Å². The molecule has 0 amide bonds. The third kappa shape index (κ3) is 3.94. The van der Waals surface area contributed by atoms with Crippen molar-refractivity contribution in [3.8, 4) is 11.5 Å². The molecule has 5 nitrogen and oxygen atoms in total. The Bertz CT molecular complexity index is 446. The molecule has 1 aliphatic rings. The smallest absolute Gasteiger partial charge is 0.176 e. The van der Waals surface area contributed by atoms with E-state index in [1.807, 2.05) is 14.1 Å². The average Bonchev–Trinajstić information content (AvgIpc) is 2.42. The number of rotatable bonds is 6. The Morgan fingerprint density at radius 2 is 2.00 bits per heavy atom. The molecular formula is C14H20N2O3. The number of Topliss-reactive ketones (excluding diaryl/α,β-unsaturated/α-hetero) is 1. The molecule has 1 aliphatic heterocycles. The fourth-order valence-corrected chi connectivity index (χ4v) is 1.82. The summed E-state index contributed by atoms with van der Waals surface area (Å²) in [6.07, 6.45) is 0. The van der Waals surface area contributed by atoms with E-state index in [0.717, 1.165) is 13.1 Å². The molecule has 1 N–H and O–H groups in total. The highest BCUT2D eigenvalue weighted by Gasteiger charge is 2.14. The van der Waals surface area contributed by atoms with Crippen molar-refractivity contribution in [2.45, 2.75) is 0 Å². The molecule has 0 unspecified atom stereocenters. The van der Waals surface area contributed by atoms with Crippen LogP contribution < -0.4 is 14.8 Å². The Morgan fingerprint density at radius 1 is 1.26 bits per heavy atom. The van der Waals surface area contributed by atoms with Gasteiger partial charge in [-0.25, -0.2) is 0 Å². The van der Waals surface area contributed by atoms with Crippen molar-refractivity contribution in [2.24, 2.45) is 0 Å². The van der Waals surface area contributed by atoms with Gasteiger partial charge in [0.25, 0.3) is 0 Å². The van der Waals surface area contributed by atoms with Crippen molar-refractivity contribution in [3.63, 3.8) is 0 Å². The van der Waals surface area contributed by atoms with Crippen LogP contribution in [0.5, 0.6) is 11.5 Å². The fourth-order valence-electron chi connectivity index (χ4n) is 1.82. The van der Waals surface area contributed by atoms with E-state index in [-0.39, 0.29) is 5.78 Å². The number of likely N-dealkylation sites (N-methyl/N-ethyl adjacent to an activating group) is 1. The number of hydrogen-bond donors (Lipinski definition) is 1. The molecule has 2 rings (SSSR count). The van der Waals surface area contributed by atoms with Gasteiger partial charge in [-0.1, -0.05) is 0 Å². The Kier molecular flexibility index (Phi) is 4.76. The molecule has 1 aromatic rings. The van der Waals surface area contributed by atoms with Crippen molar-refractivity contribution in [3.05, 3.63) is 23.8 Å². The second-order valence-electron chi connectivity index (χ2n) is 4.76. The van der Waals surface area contributed by atoms with E-state index >= 15 is 0 Å². The molecule has 5 heteroatoms. The minimum Gasteiger partial charge on any atom is -0.486 e. The first-order chi connectivity index (χ1) is 9.16. The molecule has 1 aromatic carbocycles. The number of carbonyl (C=O) groups excluding carboxylic acids is 1. The van der Waals surface area contributed by atoms with Gasteiger partial charge >= 0.3 is 0 Å². The van der Waals surface area contributed by atoms with Gasteiger partial charge in [0.15, 0.2) is 17.3 Å². The minimum absolute atomic E-state index is 0.0655. The summed E-state index contributed by atoms with van der Waals surface area (Å²) in [5, 5.41) is 3.13. The Labute approximate surface area is 113 Å². The lowest BCUT2D eigenvalue weighted by Crippen LogP contribution is -2.30. The first-order valence-corrected chi connectivity index (χ1v) is 6.45. The van der Waals surface area contributed by atoms with Gasteiger partial charge in [0.2, 0.25) is 0 Å². The zero-order valence-electron chi connectivity index (χ0n) is 11.4. The standard InChI is InChI=1S/C14H20N2O3/c1-16(2)6-5-15-10-12(17)11-3-4-13-14(9-11)19-8-7-18-13/h3-4,9,15H,5-8,10H2,1-2H3. The molecular weight excluding hydrogens is 244 g/mol. The maximum Gasteiger partial charge on any atom is 0.176 e. The molecule has 0 saturated heterocycles. The number of nitrogens with one attached hydrogen (secondary N) is 1. The maximum absolute atomic E-state index is 12.0. The van der Waals surface area contributed by atoms with Gasteiger partial charge in [0, 0.05) is 18.7 Å². The topological polar surface area (TPSA) is 50.8 Å². The third-order valence-corrected chi connectivity index (χ3v) is 2.89. The van der Waals surface area contributed by atoms with E-state index in [1.54, 1.807) is 18.2 Å². The molecule has 0 saturated carbocycles. The van der Waals surface area contributed by atoms with Gasteiger partial charge in [-0.2, -0.15) is 0 Å². The third-order valence-electron chi connectivity index (χ3n) is 2.89. The largest absolute Gasteiger partial charge is 0.486 e. The number of ether oxygens (including phenoxy) is 2. The summed E-state index contributed by atoms with van der Waals surface area (Å²) in [5.74, 6) is 1.43. The number of fused-ring (bicyclic) bond motifs is 1. The molecule has 0 bridgehead atoms. The molecule has 104 valence electrons. The Hall–Kier alpha value is -1.59. The molecule has 0 radical (unpaired) electrons. The highest BCUT2D eigenvalue weighted by atomic mass is 16.6. The predicted octanol–water partition coefficient (Wildman–Crippen LogP) is 0.792. The van der Waals surface area contributed by atoms with E-state index in [0.29, 0.717) is 36.8 Å². The van der Waals surface area contributed by atoms with E-state index < -0.39 is 0 Å². The van der Waals surface area contributed by atoms with Crippen LogP contribution in [0.25, 0.3) is 0 Å². The van der Waals surface area contributed by atoms with Crippen LogP contribution in [0, 0.1) is 0 Å². The van der Waals surface area contributed by atoms with Gasteiger partial charge in [-0.05, 0) is 32.3 Å². The van der Waals surface area contributed by atoms with Crippen LogP contribution in [0.1, 0.15) is 10.4 Å². The number of nitrogens with zero attached hydrogens (tertiary/aromatic N) is 1. The molecule has 19 heavy (non-hydrogen) atoms. The molecule has 0 aromatic heterocycles. The second kappa shape index (κ2) is 6.54. The molecule has 0 fully saturated rings. The molecule has 1 heterocycles. The highest BCUT2D eigenvalue weighted by Crippen LogP contribution is 2.30. The highest BCUT2D eigenvalue weighted by molar-refractivity contribution is 5.98. The molecule has 0 atom stereocenters. The van der Waals surface area contributed by atoms with E-state index in [1.165, 1.54) is 0 Å². The predicted molar refractivity (Wildman–Crippen MR) is 73.2 cm³/mol. The van der Waals surface area contributed by atoms with Crippen LogP contribution in [-0.4, -0.2) is 57.6 Å². The lowest BCUT2D eigenvalue weighted by atomic mass is 10.1. The number of hydrogen-bond acceptors (Lipinski definition) is 5. The van der Waals surface area contributed by atoms with Crippen LogP contribution in [0.3, 0.4) is 0 Å². The molecule has 0 spiro atoms. The van der Waals surface area contributed by atoms with Crippen LogP contribution in [0.15, 0.2) is 18.2 Å². The number of ketones is 1. The van der Waals surface area contributed by atoms with Gasteiger partial charge in [0.05, 0.1) is 6.54 Å². The van der Waals surface area contributed by atoms with Gasteiger partial charge < -0.3 is 19.7 Å². The number of carbonyl (C=O) groups is 1. The monoisotopic (exact) mass is 264 g/mol. The summed E-state index contributed by atoms with van der Waals surface area (Å²) < 4.78 is 10.9. The van der Waals surface area contributed by atoms with Gasteiger partial charge in [0.1, 0.15) is 13.2 Å². The average molecular weight is 264 g/mol. The van der Waals surface area contributed by atoms with Crippen molar-refractivity contribution < 1.29 is 14.3 Å². The van der Waals surface area contributed by atoms with Crippen molar-refractivity contribution >= 4 is 5.78 Å². The summed E-state index contributed by atoms with van der Waals surface area (Å²) in [6, 6.07) is 5.33. The lowest BCUT2D eigenvalue weighted by molar-refractivity contribution is 0.0989. The first-order valence-electron chi connectivity index (χ1n) is 6.45. The van der Waals surface area contributed by atoms with E-state index in [9.17, 15) is 4.79 Å². The van der Waals surface area contributed by atoms with Crippen molar-refractivity contribution in [1.29, 1.82) is 0 Å². The number of benzene rings is 1. The maximum atomic E-state index is 12.0. The fraction of sp³-hybridized carbons (Fsp3) is 0.500. The van der Waals surface area contributed by atoms with Crippen LogP contribution in [0.4, 0.5) is 0 Å². The van der Waals surface area contributed by atoms with Gasteiger partial charge in [-0.15, -0.1) is 0 Å². The Morgan fingerprint density at radius 3 is 2.74 bits per heavy atom. The van der Waals surface area contributed by atoms with E-state index in [2.05, 4.69) is 10.2 Å². The molecule has 0 aliphatic carbocycles. The zero-order chi connectivity index (χ0) is 13.7. The van der Waals surface area contributed by atoms with E-state index in [4.69, 9.17) is 9.47 Å². The normalized spacial score (nSPS) is 13.6. The minimum atomic E-state index is 0.0655. The first kappa shape index (κ1) is 13.8. The van der Waals surface area contributed by atoms with Crippen molar-refractivity contribution in [1.82, 2.24) is 10.2 Å². The summed E-state index contributed by atoms with van der Waals surface area (Å²) >= 11 is 0. The second-order valence-corrected chi connectivity index (χ2v) is 4.76. The quantitative estimate of drug-likeness (QED) is 0.608. The lowest BCUT2D eigenvalue weighted by Gasteiger charge is -2.18. The van der Waals surface area contributed by atoms with Crippen LogP contribution in [-0.2, 0) is 0 Å². The SMILES string of the molecule is CN(C)CCNCC(=O)c1ccc2c(c1)OCCO2. The summed E-state index contributed by atoms with van der Waals surface area (Å²) in [5.41, 5.74) is 0.654. The summed E-state index contributed by atoms with van der Waals surface area (Å²) in [4.78, 5) is 14.1. The van der Waals surface area contributed by atoms with Gasteiger partial charge in [-0.3, -0.25) is 4.79 Å². The van der Waals surface area contributed by atoms with Crippen LogP contribution in [0.2, 0.25) is 0 Å². The zero-order valence-corrected chi connectivity index (χ0v) is 11.4. The summed E-state index contributed by atoms with van der Waals surface area (Å²) in [6.45, 7) is 3.14. The van der Waals surface area contributed by atoms with Crippen LogP contribution >= 0.6 is 0 Å². The summed E-state index contributed by atoms with van der Waals surface area (Å²) in [7, 11) is 4.01. The Balaban J connectivity index is 1.88.